The topological polar surface area (TPSA) is 60.3 Å². The Labute approximate surface area is 158 Å². The summed E-state index contributed by atoms with van der Waals surface area (Å²) in [5.41, 5.74) is 3.36. The number of hydrogen-bond donors (Lipinski definition) is 1. The van der Waals surface area contributed by atoms with Crippen LogP contribution in [0.25, 0.3) is 16.5 Å². The van der Waals surface area contributed by atoms with E-state index in [-0.39, 0.29) is 11.5 Å². The van der Waals surface area contributed by atoms with Crippen LogP contribution in [-0.4, -0.2) is 30.7 Å². The lowest BCUT2D eigenvalue weighted by atomic mass is 10.1. The molecule has 0 aliphatic rings. The number of fused-ring (bicyclic) bond motifs is 1. The molecule has 3 rings (SSSR count). The van der Waals surface area contributed by atoms with Crippen LogP contribution in [0.4, 0.5) is 0 Å². The summed E-state index contributed by atoms with van der Waals surface area (Å²) in [5, 5.41) is 4.10. The first-order valence-electron chi connectivity index (χ1n) is 9.02. The molecule has 5 nitrogen and oxygen atoms in total. The van der Waals surface area contributed by atoms with E-state index in [1.54, 1.807) is 23.9 Å². The van der Waals surface area contributed by atoms with Crippen molar-refractivity contribution in [2.24, 2.45) is 0 Å². The summed E-state index contributed by atoms with van der Waals surface area (Å²) < 4.78 is 6.57. The smallest absolute Gasteiger partial charge is 0.262 e. The fourth-order valence-electron chi connectivity index (χ4n) is 3.05. The van der Waals surface area contributed by atoms with Gasteiger partial charge in [-0.3, -0.25) is 14.2 Å². The third-order valence-corrected chi connectivity index (χ3v) is 4.75. The van der Waals surface area contributed by atoms with Crippen molar-refractivity contribution in [2.75, 3.05) is 20.3 Å². The van der Waals surface area contributed by atoms with Gasteiger partial charge in [-0.05, 0) is 49.6 Å². The van der Waals surface area contributed by atoms with Crippen LogP contribution in [0.2, 0.25) is 0 Å². The molecule has 0 saturated heterocycles. The number of amides is 1. The van der Waals surface area contributed by atoms with Gasteiger partial charge in [0.05, 0.1) is 5.56 Å². The van der Waals surface area contributed by atoms with Crippen LogP contribution in [-0.2, 0) is 4.74 Å². The number of pyridine rings is 1. The van der Waals surface area contributed by atoms with E-state index in [1.165, 1.54) is 0 Å². The van der Waals surface area contributed by atoms with Crippen molar-refractivity contribution in [1.29, 1.82) is 0 Å². The monoisotopic (exact) mass is 364 g/mol. The van der Waals surface area contributed by atoms with Gasteiger partial charge in [-0.25, -0.2) is 0 Å². The number of nitrogens with one attached hydrogen (secondary N) is 1. The van der Waals surface area contributed by atoms with Gasteiger partial charge in [0, 0.05) is 42.9 Å². The third-order valence-electron chi connectivity index (χ3n) is 4.75. The zero-order valence-electron chi connectivity index (χ0n) is 15.9. The molecule has 2 aromatic carbocycles. The van der Waals surface area contributed by atoms with E-state index in [1.807, 2.05) is 50.2 Å². The molecule has 0 bridgehead atoms. The maximum atomic E-state index is 13.0. The number of carbonyl (C=O) groups excluding carboxylic acids is 1. The van der Waals surface area contributed by atoms with Crippen LogP contribution in [0.1, 0.15) is 27.9 Å². The maximum absolute atomic E-state index is 13.0. The van der Waals surface area contributed by atoms with Crippen molar-refractivity contribution < 1.29 is 9.53 Å². The van der Waals surface area contributed by atoms with Gasteiger partial charge in [0.1, 0.15) is 0 Å². The number of hydrogen-bond acceptors (Lipinski definition) is 3. The Morgan fingerprint density at radius 3 is 2.52 bits per heavy atom. The number of rotatable bonds is 6. The van der Waals surface area contributed by atoms with Gasteiger partial charge >= 0.3 is 0 Å². The first-order valence-corrected chi connectivity index (χ1v) is 9.02. The van der Waals surface area contributed by atoms with E-state index >= 15 is 0 Å². The van der Waals surface area contributed by atoms with Crippen molar-refractivity contribution >= 4 is 16.7 Å². The molecular formula is C22H24N2O3. The van der Waals surface area contributed by atoms with E-state index in [2.05, 4.69) is 5.32 Å². The molecule has 3 aromatic rings. The molecule has 1 heterocycles. The summed E-state index contributed by atoms with van der Waals surface area (Å²) in [6, 6.07) is 13.1. The van der Waals surface area contributed by atoms with Crippen LogP contribution in [0.5, 0.6) is 0 Å². The fourth-order valence-corrected chi connectivity index (χ4v) is 3.05. The summed E-state index contributed by atoms with van der Waals surface area (Å²) in [4.78, 5) is 25.8. The lowest BCUT2D eigenvalue weighted by Gasteiger charge is -2.14. The highest BCUT2D eigenvalue weighted by molar-refractivity contribution is 6.06. The van der Waals surface area contributed by atoms with Gasteiger partial charge in [-0.2, -0.15) is 0 Å². The normalized spacial score (nSPS) is 10.9. The van der Waals surface area contributed by atoms with Crippen molar-refractivity contribution in [3.8, 4) is 5.69 Å². The molecular weight excluding hydrogens is 340 g/mol. The molecule has 1 aromatic heterocycles. The Kier molecular flexibility index (Phi) is 5.72. The van der Waals surface area contributed by atoms with Gasteiger partial charge in [0.2, 0.25) is 0 Å². The summed E-state index contributed by atoms with van der Waals surface area (Å²) >= 11 is 0. The Morgan fingerprint density at radius 1 is 1.07 bits per heavy atom. The largest absolute Gasteiger partial charge is 0.385 e. The third kappa shape index (κ3) is 3.93. The lowest BCUT2D eigenvalue weighted by Crippen LogP contribution is -2.28. The molecule has 1 N–H and O–H groups in total. The summed E-state index contributed by atoms with van der Waals surface area (Å²) in [5.74, 6) is -0.195. The Hall–Kier alpha value is -2.92. The molecule has 0 aliphatic heterocycles. The maximum Gasteiger partial charge on any atom is 0.262 e. The minimum absolute atomic E-state index is 0.134. The van der Waals surface area contributed by atoms with Crippen LogP contribution >= 0.6 is 0 Å². The highest BCUT2D eigenvalue weighted by atomic mass is 16.5. The molecule has 0 unspecified atom stereocenters. The van der Waals surface area contributed by atoms with Crippen molar-refractivity contribution in [2.45, 2.75) is 20.3 Å². The molecule has 0 atom stereocenters. The average Bonchev–Trinajstić information content (AvgIpc) is 2.68. The second-order valence-corrected chi connectivity index (χ2v) is 6.63. The number of nitrogens with zero attached hydrogens (tertiary/aromatic N) is 1. The second-order valence-electron chi connectivity index (χ2n) is 6.63. The molecule has 0 aliphatic carbocycles. The van der Waals surface area contributed by atoms with Gasteiger partial charge in [0.25, 0.3) is 11.5 Å². The molecule has 27 heavy (non-hydrogen) atoms. The van der Waals surface area contributed by atoms with E-state index in [4.69, 9.17) is 4.74 Å². The number of carbonyl (C=O) groups is 1. The SMILES string of the molecule is COCCCNC(=O)c1cn(-c2ccc(C)c(C)c2)c(=O)c2ccccc12. The molecule has 0 saturated carbocycles. The number of aryl methyl sites for hydroxylation is 2. The van der Waals surface area contributed by atoms with E-state index in [9.17, 15) is 9.59 Å². The van der Waals surface area contributed by atoms with Crippen molar-refractivity contribution in [3.05, 3.63) is 75.7 Å². The number of methoxy groups -OCH3 is 1. The summed E-state index contributed by atoms with van der Waals surface area (Å²) in [7, 11) is 1.63. The predicted octanol–water partition coefficient (Wildman–Crippen LogP) is 3.37. The predicted molar refractivity (Wildman–Crippen MR) is 108 cm³/mol. The van der Waals surface area contributed by atoms with Crippen LogP contribution in [0.3, 0.4) is 0 Å². The Balaban J connectivity index is 2.10. The van der Waals surface area contributed by atoms with Gasteiger partial charge in [-0.1, -0.05) is 24.3 Å². The van der Waals surface area contributed by atoms with Crippen LogP contribution in [0, 0.1) is 13.8 Å². The molecule has 0 fully saturated rings. The van der Waals surface area contributed by atoms with Gasteiger partial charge < -0.3 is 10.1 Å². The standard InChI is InChI=1S/C22H24N2O3/c1-15-9-10-17(13-16(15)2)24-14-20(21(25)23-11-6-12-27-3)18-7-4-5-8-19(18)22(24)26/h4-5,7-10,13-14H,6,11-12H2,1-3H3,(H,23,25). The van der Waals surface area contributed by atoms with E-state index < -0.39 is 0 Å². The number of aromatic nitrogens is 1. The fraction of sp³-hybridized carbons (Fsp3) is 0.273. The van der Waals surface area contributed by atoms with Crippen LogP contribution < -0.4 is 10.9 Å². The zero-order valence-corrected chi connectivity index (χ0v) is 15.9. The second kappa shape index (κ2) is 8.18. The molecule has 1 amide bonds. The Bertz CT molecular complexity index is 1040. The van der Waals surface area contributed by atoms with Gasteiger partial charge in [-0.15, -0.1) is 0 Å². The Morgan fingerprint density at radius 2 is 1.81 bits per heavy atom. The summed E-state index contributed by atoms with van der Waals surface area (Å²) in [6.07, 6.45) is 2.37. The molecule has 0 spiro atoms. The van der Waals surface area contributed by atoms with Gasteiger partial charge in [0.15, 0.2) is 0 Å². The minimum atomic E-state index is -0.195. The van der Waals surface area contributed by atoms with Crippen molar-refractivity contribution in [1.82, 2.24) is 9.88 Å². The lowest BCUT2D eigenvalue weighted by molar-refractivity contribution is 0.0949. The van der Waals surface area contributed by atoms with Crippen LogP contribution in [0.15, 0.2) is 53.5 Å². The first kappa shape index (κ1) is 18.9. The molecule has 5 heteroatoms. The number of benzene rings is 2. The van der Waals surface area contributed by atoms with E-state index in [0.29, 0.717) is 29.5 Å². The molecule has 0 radical (unpaired) electrons. The highest BCUT2D eigenvalue weighted by Gasteiger charge is 2.15. The first-order chi connectivity index (χ1) is 13.0. The zero-order chi connectivity index (χ0) is 19.4. The highest BCUT2D eigenvalue weighted by Crippen LogP contribution is 2.19. The van der Waals surface area contributed by atoms with E-state index in [0.717, 1.165) is 23.2 Å². The molecule has 140 valence electrons. The van der Waals surface area contributed by atoms with Crippen molar-refractivity contribution in [3.63, 3.8) is 0 Å². The number of ether oxygens (including phenoxy) is 1. The average molecular weight is 364 g/mol. The minimum Gasteiger partial charge on any atom is -0.385 e. The summed E-state index contributed by atoms with van der Waals surface area (Å²) in [6.45, 7) is 5.14. The quantitative estimate of drug-likeness (QED) is 0.682.